The van der Waals surface area contributed by atoms with Crippen molar-refractivity contribution in [1.82, 2.24) is 0 Å². The van der Waals surface area contributed by atoms with E-state index in [0.717, 1.165) is 0 Å². The molecule has 6 heavy (non-hydrogen) atoms. The molecule has 2 heteroatoms. The maximum Gasteiger partial charge on any atom is 0 e. The Kier molecular flexibility index (Phi) is 24.5. The van der Waals surface area contributed by atoms with Crippen LogP contribution in [0.1, 0.15) is 13.8 Å². The minimum atomic E-state index is 0. The van der Waals surface area contributed by atoms with Crippen molar-refractivity contribution in [2.75, 3.05) is 0 Å². The first-order chi connectivity index (χ1) is 1.73. The van der Waals surface area contributed by atoms with Crippen LogP contribution in [0.25, 0.3) is 0 Å². The Bertz CT molecular complexity index is 12.3. The van der Waals surface area contributed by atoms with Gasteiger partial charge in [-0.1, -0.05) is 13.8 Å². The number of hydrogen-bond acceptors (Lipinski definition) is 0. The van der Waals surface area contributed by atoms with Gasteiger partial charge in [0, 0.05) is 26.2 Å². The van der Waals surface area contributed by atoms with E-state index in [-0.39, 0.29) is 31.7 Å². The molecule has 0 aromatic rings. The molecular formula is C4H11OZr-. The minimum absolute atomic E-state index is 0. The van der Waals surface area contributed by atoms with Crippen LogP contribution in [0, 0.1) is 12.8 Å². The Morgan fingerprint density at radius 2 is 1.33 bits per heavy atom. The molecule has 0 heterocycles. The Morgan fingerprint density at radius 3 is 1.33 bits per heavy atom. The monoisotopic (exact) mass is 165 g/mol. The molecule has 0 unspecified atom stereocenters. The van der Waals surface area contributed by atoms with Crippen molar-refractivity contribution < 1.29 is 31.7 Å². The second-order valence-electron chi connectivity index (χ2n) is 1.39. The van der Waals surface area contributed by atoms with Gasteiger partial charge in [0.05, 0.1) is 0 Å². The summed E-state index contributed by atoms with van der Waals surface area (Å²) in [6.07, 6.45) is 0. The molecule has 0 aromatic carbocycles. The quantitative estimate of drug-likeness (QED) is 0.473. The van der Waals surface area contributed by atoms with E-state index in [1.165, 1.54) is 0 Å². The van der Waals surface area contributed by atoms with Crippen LogP contribution >= 0.6 is 0 Å². The van der Waals surface area contributed by atoms with E-state index in [4.69, 9.17) is 0 Å². The van der Waals surface area contributed by atoms with E-state index in [1.807, 2.05) is 0 Å². The van der Waals surface area contributed by atoms with E-state index >= 15 is 0 Å². The van der Waals surface area contributed by atoms with E-state index in [1.54, 1.807) is 0 Å². The Morgan fingerprint density at radius 1 is 1.33 bits per heavy atom. The third-order valence-corrected chi connectivity index (χ3v) is 0. The van der Waals surface area contributed by atoms with E-state index in [2.05, 4.69) is 20.8 Å². The van der Waals surface area contributed by atoms with Gasteiger partial charge in [0.25, 0.3) is 0 Å². The third-order valence-electron chi connectivity index (χ3n) is 0. The molecule has 0 amide bonds. The Hall–Kier alpha value is 0.843. The van der Waals surface area contributed by atoms with Crippen molar-refractivity contribution in [2.24, 2.45) is 5.92 Å². The smallest absolute Gasteiger partial charge is 0 e. The van der Waals surface area contributed by atoms with Crippen LogP contribution < -0.4 is 0 Å². The van der Waals surface area contributed by atoms with Crippen molar-refractivity contribution in [3.63, 3.8) is 0 Å². The minimum Gasteiger partial charge on any atom is -0.412 e. The standard InChI is InChI=1S/C4H9.H2O.Zr/c1-4(2)3;;/h4H,1H2,2-3H3;1H2;/q-1;;. The van der Waals surface area contributed by atoms with Gasteiger partial charge in [0.15, 0.2) is 0 Å². The van der Waals surface area contributed by atoms with E-state index < -0.39 is 0 Å². The molecule has 0 saturated carbocycles. The molecule has 0 spiro atoms. The molecule has 38 valence electrons. The summed E-state index contributed by atoms with van der Waals surface area (Å²) in [5.41, 5.74) is 0. The fourth-order valence-corrected chi connectivity index (χ4v) is 0. The molecule has 0 bridgehead atoms. The van der Waals surface area contributed by atoms with Gasteiger partial charge in [-0.15, -0.1) is 0 Å². The SMILES string of the molecule is O.[CH2-]C(C)C.[Zr]. The van der Waals surface area contributed by atoms with Gasteiger partial charge in [0.1, 0.15) is 0 Å². The fourth-order valence-electron chi connectivity index (χ4n) is 0. The molecule has 0 radical (unpaired) electrons. The molecule has 0 saturated heterocycles. The van der Waals surface area contributed by atoms with Crippen LogP contribution in [0.2, 0.25) is 0 Å². The summed E-state index contributed by atoms with van der Waals surface area (Å²) in [5, 5.41) is 0. The van der Waals surface area contributed by atoms with Gasteiger partial charge in [-0.2, -0.15) is 5.92 Å². The van der Waals surface area contributed by atoms with Crippen molar-refractivity contribution in [2.45, 2.75) is 13.8 Å². The molecule has 0 fully saturated rings. The summed E-state index contributed by atoms with van der Waals surface area (Å²) >= 11 is 0. The molecule has 0 rings (SSSR count). The average Bonchev–Trinajstić information content (AvgIpc) is 0.811. The summed E-state index contributed by atoms with van der Waals surface area (Å²) in [6, 6.07) is 0. The molecule has 1 nitrogen and oxygen atoms in total. The molecule has 0 aliphatic carbocycles. The summed E-state index contributed by atoms with van der Waals surface area (Å²) in [6.45, 7) is 7.75. The molecule has 2 N–H and O–H groups in total. The van der Waals surface area contributed by atoms with Gasteiger partial charge in [-0.05, 0) is 0 Å². The third kappa shape index (κ3) is 101. The number of hydrogen-bond donors (Lipinski definition) is 0. The van der Waals surface area contributed by atoms with E-state index in [9.17, 15) is 0 Å². The van der Waals surface area contributed by atoms with Gasteiger partial charge < -0.3 is 12.4 Å². The maximum atomic E-state index is 3.64. The largest absolute Gasteiger partial charge is 0.412 e. The number of rotatable bonds is 0. The summed E-state index contributed by atoms with van der Waals surface area (Å²) in [5.74, 6) is 0.583. The molecular weight excluding hydrogens is 155 g/mol. The van der Waals surface area contributed by atoms with Gasteiger partial charge in [0.2, 0.25) is 0 Å². The second kappa shape index (κ2) is 9.28. The molecule has 0 aliphatic heterocycles. The molecule has 0 aromatic heterocycles. The van der Waals surface area contributed by atoms with Crippen LogP contribution in [0.4, 0.5) is 0 Å². The van der Waals surface area contributed by atoms with Gasteiger partial charge >= 0.3 is 0 Å². The summed E-state index contributed by atoms with van der Waals surface area (Å²) < 4.78 is 0. The fraction of sp³-hybridized carbons (Fsp3) is 0.750. The van der Waals surface area contributed by atoms with Crippen molar-refractivity contribution >= 4 is 0 Å². The van der Waals surface area contributed by atoms with Crippen LogP contribution in [0.3, 0.4) is 0 Å². The molecule has 0 atom stereocenters. The van der Waals surface area contributed by atoms with Crippen molar-refractivity contribution in [3.05, 3.63) is 6.92 Å². The van der Waals surface area contributed by atoms with Gasteiger partial charge in [-0.25, -0.2) is 0 Å². The van der Waals surface area contributed by atoms with Crippen LogP contribution in [-0.4, -0.2) is 5.48 Å². The normalized spacial score (nSPS) is 6.00. The zero-order valence-corrected chi connectivity index (χ0v) is 6.74. The Labute approximate surface area is 58.6 Å². The van der Waals surface area contributed by atoms with Gasteiger partial charge in [-0.3, -0.25) is 0 Å². The summed E-state index contributed by atoms with van der Waals surface area (Å²) in [7, 11) is 0. The topological polar surface area (TPSA) is 31.5 Å². The first-order valence-corrected chi connectivity index (χ1v) is 1.56. The Balaban J connectivity index is -0.0000000450. The molecule has 0 aliphatic rings. The average molecular weight is 166 g/mol. The summed E-state index contributed by atoms with van der Waals surface area (Å²) in [4.78, 5) is 0. The second-order valence-corrected chi connectivity index (χ2v) is 1.39. The van der Waals surface area contributed by atoms with E-state index in [0.29, 0.717) is 5.92 Å². The predicted octanol–water partition coefficient (Wildman–Crippen LogP) is 0.649. The predicted molar refractivity (Wildman–Crippen MR) is 23.8 cm³/mol. The van der Waals surface area contributed by atoms with Crippen LogP contribution in [0.5, 0.6) is 0 Å². The maximum absolute atomic E-state index is 3.64. The van der Waals surface area contributed by atoms with Crippen molar-refractivity contribution in [3.8, 4) is 0 Å². The van der Waals surface area contributed by atoms with Crippen LogP contribution in [0.15, 0.2) is 0 Å². The zero-order valence-electron chi connectivity index (χ0n) is 4.28. The zero-order chi connectivity index (χ0) is 3.58. The first kappa shape index (κ1) is 15.8. The van der Waals surface area contributed by atoms with Crippen molar-refractivity contribution in [1.29, 1.82) is 0 Å². The van der Waals surface area contributed by atoms with Crippen LogP contribution in [-0.2, 0) is 26.2 Å². The first-order valence-electron chi connectivity index (χ1n) is 1.56.